The maximum atomic E-state index is 12.6. The van der Waals surface area contributed by atoms with Gasteiger partial charge in [-0.1, -0.05) is 35.9 Å². The number of nitrogens with one attached hydrogen (secondary N) is 1. The van der Waals surface area contributed by atoms with Gasteiger partial charge < -0.3 is 14.8 Å². The number of rotatable bonds is 4. The average Bonchev–Trinajstić information content (AvgIpc) is 3.01. The zero-order valence-corrected chi connectivity index (χ0v) is 13.7. The Morgan fingerprint density at radius 1 is 1.09 bits per heavy atom. The Bertz CT molecular complexity index is 720. The van der Waals surface area contributed by atoms with E-state index >= 15 is 0 Å². The van der Waals surface area contributed by atoms with Crippen molar-refractivity contribution in [2.24, 2.45) is 0 Å². The van der Waals surface area contributed by atoms with Crippen molar-refractivity contribution in [2.75, 3.05) is 6.79 Å². The van der Waals surface area contributed by atoms with Crippen molar-refractivity contribution in [1.82, 2.24) is 5.32 Å². The first-order valence-electron chi connectivity index (χ1n) is 7.71. The summed E-state index contributed by atoms with van der Waals surface area (Å²) in [5.41, 5.74) is 2.56. The Kier molecular flexibility index (Phi) is 3.99. The molecule has 0 unspecified atom stereocenters. The summed E-state index contributed by atoms with van der Waals surface area (Å²) in [6.07, 6.45) is 0. The second-order valence-electron chi connectivity index (χ2n) is 6.36. The molecule has 120 valence electrons. The Balaban J connectivity index is 1.71. The summed E-state index contributed by atoms with van der Waals surface area (Å²) in [6.45, 7) is 6.63. The number of carbonyl (C=O) groups excluding carboxylic acids is 1. The molecule has 3 rings (SSSR count). The highest BCUT2D eigenvalue weighted by molar-refractivity contribution is 5.87. The zero-order valence-electron chi connectivity index (χ0n) is 13.7. The Hall–Kier alpha value is -2.49. The summed E-state index contributed by atoms with van der Waals surface area (Å²) in [5, 5.41) is 3.01. The van der Waals surface area contributed by atoms with E-state index in [0.29, 0.717) is 12.3 Å². The van der Waals surface area contributed by atoms with Gasteiger partial charge in [0, 0.05) is 6.54 Å². The molecule has 4 nitrogen and oxygen atoms in total. The third-order valence-electron chi connectivity index (χ3n) is 4.24. The molecule has 23 heavy (non-hydrogen) atoms. The van der Waals surface area contributed by atoms with Crippen LogP contribution in [0.25, 0.3) is 0 Å². The van der Waals surface area contributed by atoms with Gasteiger partial charge in [-0.3, -0.25) is 4.79 Å². The molecule has 2 aromatic rings. The number of aryl methyl sites for hydroxylation is 1. The van der Waals surface area contributed by atoms with Gasteiger partial charge in [0.1, 0.15) is 0 Å². The third kappa shape index (κ3) is 3.16. The van der Waals surface area contributed by atoms with Crippen LogP contribution in [0.3, 0.4) is 0 Å². The van der Waals surface area contributed by atoms with E-state index in [1.807, 2.05) is 63.2 Å². The van der Waals surface area contributed by atoms with E-state index < -0.39 is 5.41 Å². The molecule has 0 radical (unpaired) electrons. The fraction of sp³-hybridized carbons (Fsp3) is 0.316. The average molecular weight is 311 g/mol. The van der Waals surface area contributed by atoms with Crippen molar-refractivity contribution in [1.29, 1.82) is 0 Å². The lowest BCUT2D eigenvalue weighted by Gasteiger charge is -2.24. The first kappa shape index (κ1) is 15.4. The van der Waals surface area contributed by atoms with Crippen molar-refractivity contribution in [3.8, 4) is 11.5 Å². The van der Waals surface area contributed by atoms with Crippen LogP contribution < -0.4 is 14.8 Å². The van der Waals surface area contributed by atoms with Crippen LogP contribution in [0.2, 0.25) is 0 Å². The molecule has 4 heteroatoms. The minimum absolute atomic E-state index is 0.0167. The van der Waals surface area contributed by atoms with Crippen molar-refractivity contribution in [3.63, 3.8) is 0 Å². The van der Waals surface area contributed by atoms with Crippen LogP contribution in [0.4, 0.5) is 0 Å². The van der Waals surface area contributed by atoms with Gasteiger partial charge >= 0.3 is 0 Å². The van der Waals surface area contributed by atoms with Crippen LogP contribution in [-0.2, 0) is 16.8 Å². The van der Waals surface area contributed by atoms with Crippen LogP contribution in [-0.4, -0.2) is 12.7 Å². The van der Waals surface area contributed by atoms with E-state index in [9.17, 15) is 4.79 Å². The number of ether oxygens (including phenoxy) is 2. The van der Waals surface area contributed by atoms with Gasteiger partial charge in [-0.2, -0.15) is 0 Å². The largest absolute Gasteiger partial charge is 0.454 e. The lowest BCUT2D eigenvalue weighted by Crippen LogP contribution is -2.39. The smallest absolute Gasteiger partial charge is 0.231 e. The van der Waals surface area contributed by atoms with Gasteiger partial charge in [-0.05, 0) is 44.0 Å². The normalized spacial score (nSPS) is 13.0. The maximum Gasteiger partial charge on any atom is 0.231 e. The Labute approximate surface area is 136 Å². The van der Waals surface area contributed by atoms with Gasteiger partial charge in [-0.15, -0.1) is 0 Å². The predicted molar refractivity (Wildman–Crippen MR) is 88.6 cm³/mol. The van der Waals surface area contributed by atoms with Crippen molar-refractivity contribution in [2.45, 2.75) is 32.7 Å². The molecule has 2 aromatic carbocycles. The Morgan fingerprint density at radius 3 is 2.52 bits per heavy atom. The number of benzene rings is 2. The predicted octanol–water partition coefficient (Wildman–Crippen LogP) is 3.32. The van der Waals surface area contributed by atoms with Crippen LogP contribution in [0.1, 0.15) is 30.5 Å². The molecule has 0 spiro atoms. The fourth-order valence-electron chi connectivity index (χ4n) is 2.53. The minimum atomic E-state index is -0.647. The molecular formula is C19H21NO3. The summed E-state index contributed by atoms with van der Waals surface area (Å²) in [5.74, 6) is 1.41. The van der Waals surface area contributed by atoms with E-state index in [2.05, 4.69) is 5.32 Å². The van der Waals surface area contributed by atoms with Gasteiger partial charge in [0.2, 0.25) is 12.7 Å². The molecule has 0 saturated carbocycles. The van der Waals surface area contributed by atoms with E-state index in [4.69, 9.17) is 9.47 Å². The molecule has 1 N–H and O–H groups in total. The van der Waals surface area contributed by atoms with Crippen LogP contribution in [0.15, 0.2) is 42.5 Å². The first-order chi connectivity index (χ1) is 11.0. The lowest BCUT2D eigenvalue weighted by molar-refractivity contribution is -0.125. The standard InChI is InChI=1S/C19H21NO3/c1-13-4-6-14(7-5-13)11-20-18(21)19(2,3)15-8-9-16-17(10-15)23-12-22-16/h4-10H,11-12H2,1-3H3,(H,20,21). The summed E-state index contributed by atoms with van der Waals surface area (Å²) in [4.78, 5) is 12.6. The molecule has 0 aromatic heterocycles. The van der Waals surface area contributed by atoms with E-state index in [0.717, 1.165) is 16.9 Å². The van der Waals surface area contributed by atoms with Gasteiger partial charge in [0.05, 0.1) is 5.41 Å². The maximum absolute atomic E-state index is 12.6. The molecule has 1 heterocycles. The molecule has 1 aliphatic heterocycles. The monoisotopic (exact) mass is 311 g/mol. The highest BCUT2D eigenvalue weighted by Gasteiger charge is 2.31. The molecule has 1 amide bonds. The molecule has 0 fully saturated rings. The Morgan fingerprint density at radius 2 is 1.78 bits per heavy atom. The summed E-state index contributed by atoms with van der Waals surface area (Å²) in [6, 6.07) is 13.8. The molecular weight excluding hydrogens is 290 g/mol. The third-order valence-corrected chi connectivity index (χ3v) is 4.24. The van der Waals surface area contributed by atoms with Gasteiger partial charge in [0.15, 0.2) is 11.5 Å². The van der Waals surface area contributed by atoms with Crippen LogP contribution in [0.5, 0.6) is 11.5 Å². The number of carbonyl (C=O) groups is 1. The zero-order chi connectivity index (χ0) is 16.4. The highest BCUT2D eigenvalue weighted by Crippen LogP contribution is 2.36. The molecule has 0 atom stereocenters. The van der Waals surface area contributed by atoms with Gasteiger partial charge in [0.25, 0.3) is 0 Å². The van der Waals surface area contributed by atoms with Gasteiger partial charge in [-0.25, -0.2) is 0 Å². The van der Waals surface area contributed by atoms with E-state index in [-0.39, 0.29) is 12.7 Å². The van der Waals surface area contributed by atoms with Crippen LogP contribution >= 0.6 is 0 Å². The van der Waals surface area contributed by atoms with Crippen molar-refractivity contribution in [3.05, 3.63) is 59.2 Å². The van der Waals surface area contributed by atoms with Crippen molar-refractivity contribution >= 4 is 5.91 Å². The summed E-state index contributed by atoms with van der Waals surface area (Å²) >= 11 is 0. The second-order valence-corrected chi connectivity index (χ2v) is 6.36. The first-order valence-corrected chi connectivity index (χ1v) is 7.71. The summed E-state index contributed by atoms with van der Waals surface area (Å²) < 4.78 is 10.7. The minimum Gasteiger partial charge on any atom is -0.454 e. The number of fused-ring (bicyclic) bond motifs is 1. The van der Waals surface area contributed by atoms with Crippen LogP contribution in [0, 0.1) is 6.92 Å². The fourth-order valence-corrected chi connectivity index (χ4v) is 2.53. The lowest BCUT2D eigenvalue weighted by atomic mass is 9.83. The molecule has 0 bridgehead atoms. The number of amides is 1. The van der Waals surface area contributed by atoms with E-state index in [1.54, 1.807) is 0 Å². The topological polar surface area (TPSA) is 47.6 Å². The molecule has 1 aliphatic rings. The van der Waals surface area contributed by atoms with Crippen molar-refractivity contribution < 1.29 is 14.3 Å². The summed E-state index contributed by atoms with van der Waals surface area (Å²) in [7, 11) is 0. The second kappa shape index (κ2) is 5.95. The molecule has 0 saturated heterocycles. The quantitative estimate of drug-likeness (QED) is 0.942. The number of hydrogen-bond acceptors (Lipinski definition) is 3. The SMILES string of the molecule is Cc1ccc(CNC(=O)C(C)(C)c2ccc3c(c2)OCO3)cc1. The number of hydrogen-bond donors (Lipinski definition) is 1. The highest BCUT2D eigenvalue weighted by atomic mass is 16.7. The molecule has 0 aliphatic carbocycles. The van der Waals surface area contributed by atoms with E-state index in [1.165, 1.54) is 5.56 Å².